The Hall–Kier alpha value is -0.700. The van der Waals surface area contributed by atoms with Crippen LogP contribution in [0.25, 0.3) is 0 Å². The Kier molecular flexibility index (Phi) is 1.76. The summed E-state index contributed by atoms with van der Waals surface area (Å²) in [7, 11) is 1.56. The molecule has 66 valence electrons. The third kappa shape index (κ3) is 0.926. The summed E-state index contributed by atoms with van der Waals surface area (Å²) in [6.07, 6.45) is 7.14. The minimum Gasteiger partial charge on any atom is -0.355 e. The first-order chi connectivity index (χ1) is 5.80. The molecule has 0 saturated heterocycles. The summed E-state index contributed by atoms with van der Waals surface area (Å²) in [6, 6.07) is 0. The van der Waals surface area contributed by atoms with Crippen LogP contribution in [0, 0.1) is 16.2 Å². The van der Waals surface area contributed by atoms with E-state index in [1.807, 2.05) is 0 Å². The number of nitroso groups, excluding NO2 is 1. The van der Waals surface area contributed by atoms with Crippen molar-refractivity contribution in [3.05, 3.63) is 17.1 Å². The molecule has 0 amide bonds. The number of hydrogen-bond donors (Lipinski definition) is 0. The van der Waals surface area contributed by atoms with Gasteiger partial charge in [-0.2, -0.15) is 0 Å². The number of ether oxygens (including phenoxy) is 1. The van der Waals surface area contributed by atoms with Crippen LogP contribution in [0.5, 0.6) is 0 Å². The van der Waals surface area contributed by atoms with Crippen molar-refractivity contribution in [2.75, 3.05) is 7.11 Å². The van der Waals surface area contributed by atoms with Crippen molar-refractivity contribution in [1.82, 2.24) is 0 Å². The van der Waals surface area contributed by atoms with E-state index in [4.69, 9.17) is 4.74 Å². The maximum Gasteiger partial charge on any atom is 0.198 e. The molecule has 2 bridgehead atoms. The molecule has 3 unspecified atom stereocenters. The SMILES string of the molecule is COC(N=O)C12C=CC(CC1)C2. The molecule has 0 aromatic carbocycles. The molecule has 1 fully saturated rings. The van der Waals surface area contributed by atoms with Crippen molar-refractivity contribution >= 4 is 0 Å². The Morgan fingerprint density at radius 2 is 2.58 bits per heavy atom. The van der Waals surface area contributed by atoms with Gasteiger partial charge in [-0.25, -0.2) is 0 Å². The molecule has 3 nitrogen and oxygen atoms in total. The molecule has 12 heavy (non-hydrogen) atoms. The second kappa shape index (κ2) is 2.66. The molecule has 0 spiro atoms. The predicted molar refractivity (Wildman–Crippen MR) is 45.5 cm³/mol. The summed E-state index contributed by atoms with van der Waals surface area (Å²) >= 11 is 0. The average molecular weight is 167 g/mol. The highest BCUT2D eigenvalue weighted by molar-refractivity contribution is 5.17. The quantitative estimate of drug-likeness (QED) is 0.476. The summed E-state index contributed by atoms with van der Waals surface area (Å²) in [5.41, 5.74) is -0.0544. The van der Waals surface area contributed by atoms with Crippen molar-refractivity contribution in [2.24, 2.45) is 16.5 Å². The number of fused-ring (bicyclic) bond motifs is 2. The van der Waals surface area contributed by atoms with Gasteiger partial charge >= 0.3 is 0 Å². The van der Waals surface area contributed by atoms with Gasteiger partial charge in [0.2, 0.25) is 0 Å². The molecule has 0 aliphatic heterocycles. The molecule has 0 aromatic rings. The fraction of sp³-hybridized carbons (Fsp3) is 0.778. The third-order valence-electron chi connectivity index (χ3n) is 3.13. The number of nitrogens with zero attached hydrogens (tertiary/aromatic N) is 1. The van der Waals surface area contributed by atoms with E-state index in [0.29, 0.717) is 5.92 Å². The highest BCUT2D eigenvalue weighted by atomic mass is 16.5. The molecule has 0 N–H and O–H groups in total. The lowest BCUT2D eigenvalue weighted by molar-refractivity contribution is 0.0239. The Balaban J connectivity index is 2.20. The molecule has 3 heteroatoms. The zero-order valence-corrected chi connectivity index (χ0v) is 7.19. The first-order valence-corrected chi connectivity index (χ1v) is 4.35. The first kappa shape index (κ1) is 7.92. The van der Waals surface area contributed by atoms with Gasteiger partial charge in [0, 0.05) is 12.5 Å². The predicted octanol–water partition coefficient (Wildman–Crippen LogP) is 2.08. The van der Waals surface area contributed by atoms with Crippen molar-refractivity contribution in [2.45, 2.75) is 25.5 Å². The second-order valence-electron chi connectivity index (χ2n) is 3.79. The minimum absolute atomic E-state index is 0.0544. The normalized spacial score (nSPS) is 40.2. The summed E-state index contributed by atoms with van der Waals surface area (Å²) in [4.78, 5) is 10.5. The van der Waals surface area contributed by atoms with E-state index in [1.165, 1.54) is 6.42 Å². The van der Waals surface area contributed by atoms with E-state index < -0.39 is 6.23 Å². The van der Waals surface area contributed by atoms with Crippen LogP contribution in [0.3, 0.4) is 0 Å². The summed E-state index contributed by atoms with van der Waals surface area (Å²) < 4.78 is 5.07. The van der Waals surface area contributed by atoms with E-state index in [9.17, 15) is 4.91 Å². The summed E-state index contributed by atoms with van der Waals surface area (Å²) in [5, 5.41) is 3.03. The number of rotatable bonds is 3. The van der Waals surface area contributed by atoms with Crippen LogP contribution in [0.2, 0.25) is 0 Å². The summed E-state index contributed by atoms with van der Waals surface area (Å²) in [5.74, 6) is 0.671. The standard InChI is InChI=1S/C9H13NO2/c1-12-8(10-11)9-4-2-7(6-9)3-5-9/h2,4,7-8H,3,5-6H2,1H3. The van der Waals surface area contributed by atoms with Gasteiger partial charge in [-0.1, -0.05) is 12.2 Å². The van der Waals surface area contributed by atoms with Gasteiger partial charge in [0.25, 0.3) is 0 Å². The fourth-order valence-corrected chi connectivity index (χ4v) is 2.48. The summed E-state index contributed by atoms with van der Waals surface area (Å²) in [6.45, 7) is 0. The average Bonchev–Trinajstić information content (AvgIpc) is 2.66. The van der Waals surface area contributed by atoms with Crippen LogP contribution in [-0.4, -0.2) is 13.3 Å². The van der Waals surface area contributed by atoms with E-state index in [-0.39, 0.29) is 5.41 Å². The van der Waals surface area contributed by atoms with E-state index >= 15 is 0 Å². The topological polar surface area (TPSA) is 38.7 Å². The maximum atomic E-state index is 10.5. The molecule has 0 heterocycles. The molecular weight excluding hydrogens is 154 g/mol. The molecule has 2 rings (SSSR count). The Labute approximate surface area is 71.8 Å². The Morgan fingerprint density at radius 3 is 2.92 bits per heavy atom. The number of methoxy groups -OCH3 is 1. The van der Waals surface area contributed by atoms with Gasteiger partial charge in [0.1, 0.15) is 0 Å². The Morgan fingerprint density at radius 1 is 1.75 bits per heavy atom. The van der Waals surface area contributed by atoms with Crippen molar-refractivity contribution in [3.63, 3.8) is 0 Å². The van der Waals surface area contributed by atoms with Gasteiger partial charge in [0.15, 0.2) is 6.23 Å². The van der Waals surface area contributed by atoms with Crippen LogP contribution < -0.4 is 0 Å². The number of hydrogen-bond acceptors (Lipinski definition) is 3. The largest absolute Gasteiger partial charge is 0.355 e. The van der Waals surface area contributed by atoms with Crippen LogP contribution in [-0.2, 0) is 4.74 Å². The molecule has 1 saturated carbocycles. The van der Waals surface area contributed by atoms with Gasteiger partial charge in [-0.3, -0.25) is 0 Å². The molecular formula is C9H13NO2. The van der Waals surface area contributed by atoms with Gasteiger partial charge in [-0.15, -0.1) is 4.91 Å². The zero-order chi connectivity index (χ0) is 8.60. The smallest absolute Gasteiger partial charge is 0.198 e. The fourth-order valence-electron chi connectivity index (χ4n) is 2.48. The maximum absolute atomic E-state index is 10.5. The zero-order valence-electron chi connectivity index (χ0n) is 7.19. The van der Waals surface area contributed by atoms with Gasteiger partial charge < -0.3 is 4.74 Å². The highest BCUT2D eigenvalue weighted by Gasteiger charge is 2.47. The lowest BCUT2D eigenvalue weighted by atomic mass is 9.86. The molecule has 0 aromatic heterocycles. The van der Waals surface area contributed by atoms with Gasteiger partial charge in [-0.05, 0) is 30.4 Å². The molecule has 0 radical (unpaired) electrons. The lowest BCUT2D eigenvalue weighted by Crippen LogP contribution is -2.29. The van der Waals surface area contributed by atoms with Crippen LogP contribution in [0.4, 0.5) is 0 Å². The second-order valence-corrected chi connectivity index (χ2v) is 3.79. The van der Waals surface area contributed by atoms with E-state index in [2.05, 4.69) is 17.3 Å². The number of allylic oxidation sites excluding steroid dienone is 1. The molecule has 2 aliphatic rings. The van der Waals surface area contributed by atoms with Gasteiger partial charge in [0.05, 0.1) is 0 Å². The highest BCUT2D eigenvalue weighted by Crippen LogP contribution is 2.52. The monoisotopic (exact) mass is 167 g/mol. The molecule has 2 aliphatic carbocycles. The van der Waals surface area contributed by atoms with E-state index in [1.54, 1.807) is 7.11 Å². The van der Waals surface area contributed by atoms with Crippen molar-refractivity contribution in [3.8, 4) is 0 Å². The van der Waals surface area contributed by atoms with Crippen molar-refractivity contribution < 1.29 is 4.74 Å². The minimum atomic E-state index is -0.471. The molecule has 3 atom stereocenters. The van der Waals surface area contributed by atoms with Crippen LogP contribution in [0.1, 0.15) is 19.3 Å². The first-order valence-electron chi connectivity index (χ1n) is 4.35. The van der Waals surface area contributed by atoms with E-state index in [0.717, 1.165) is 12.8 Å². The third-order valence-corrected chi connectivity index (χ3v) is 3.13. The van der Waals surface area contributed by atoms with Crippen LogP contribution in [0.15, 0.2) is 17.3 Å². The lowest BCUT2D eigenvalue weighted by Gasteiger charge is -2.26. The Bertz CT molecular complexity index is 227. The van der Waals surface area contributed by atoms with Crippen molar-refractivity contribution in [1.29, 1.82) is 0 Å². The van der Waals surface area contributed by atoms with Crippen LogP contribution >= 0.6 is 0 Å².